The molecule has 30 heavy (non-hydrogen) atoms. The van der Waals surface area contributed by atoms with Gasteiger partial charge in [-0.25, -0.2) is 8.42 Å². The predicted octanol–water partition coefficient (Wildman–Crippen LogP) is 4.10. The lowest BCUT2D eigenvalue weighted by molar-refractivity contribution is -0.118. The van der Waals surface area contributed by atoms with Crippen LogP contribution in [-0.4, -0.2) is 44.9 Å². The van der Waals surface area contributed by atoms with Crippen LogP contribution in [-0.2, 0) is 14.8 Å². The fourth-order valence-corrected chi connectivity index (χ4v) is 4.55. The molecule has 0 aliphatic rings. The topological polar surface area (TPSA) is 84.9 Å². The number of amides is 1. The Balaban J connectivity index is 2.19. The van der Waals surface area contributed by atoms with E-state index < -0.39 is 15.9 Å². The van der Waals surface area contributed by atoms with Crippen molar-refractivity contribution in [3.63, 3.8) is 0 Å². The molecule has 0 aromatic heterocycles. The molecule has 0 saturated heterocycles. The number of carbonyl (C=O) groups is 1. The SMILES string of the molecule is CCOc1ccc(NC(=O)COc2ccc(Cl)c(C)c2)cc1S(=O)(=O)N(CC)CC. The summed E-state index contributed by atoms with van der Waals surface area (Å²) in [7, 11) is -3.76. The molecule has 2 aromatic carbocycles. The normalized spacial score (nSPS) is 11.4. The standard InChI is InChI=1S/C21H27ClN2O5S/c1-5-24(6-2)30(26,27)20-13-16(8-11-19(20)28-7-3)23-21(25)14-29-17-9-10-18(22)15(4)12-17/h8-13H,5-7,14H2,1-4H3,(H,23,25). The van der Waals surface area contributed by atoms with Crippen molar-refractivity contribution in [3.8, 4) is 11.5 Å². The van der Waals surface area contributed by atoms with Gasteiger partial charge in [-0.15, -0.1) is 0 Å². The van der Waals surface area contributed by atoms with E-state index in [2.05, 4.69) is 5.32 Å². The van der Waals surface area contributed by atoms with Crippen LogP contribution in [0.5, 0.6) is 11.5 Å². The molecule has 0 atom stereocenters. The van der Waals surface area contributed by atoms with Crippen LogP contribution in [0.3, 0.4) is 0 Å². The lowest BCUT2D eigenvalue weighted by atomic mass is 10.2. The molecule has 2 aromatic rings. The molecule has 0 unspecified atom stereocenters. The van der Waals surface area contributed by atoms with Gasteiger partial charge in [-0.05, 0) is 55.8 Å². The smallest absolute Gasteiger partial charge is 0.262 e. The Labute approximate surface area is 183 Å². The quantitative estimate of drug-likeness (QED) is 0.584. The molecule has 0 spiro atoms. The molecule has 0 aliphatic carbocycles. The molecular weight excluding hydrogens is 428 g/mol. The van der Waals surface area contributed by atoms with Gasteiger partial charge in [-0.1, -0.05) is 25.4 Å². The van der Waals surface area contributed by atoms with E-state index in [0.29, 0.717) is 36.2 Å². The van der Waals surface area contributed by atoms with Crippen molar-refractivity contribution < 1.29 is 22.7 Å². The first-order chi connectivity index (χ1) is 14.2. The summed E-state index contributed by atoms with van der Waals surface area (Å²) in [4.78, 5) is 12.3. The maximum absolute atomic E-state index is 13.0. The molecule has 0 heterocycles. The number of rotatable bonds is 10. The van der Waals surface area contributed by atoms with E-state index in [-0.39, 0.29) is 17.3 Å². The maximum atomic E-state index is 13.0. The molecule has 0 bridgehead atoms. The van der Waals surface area contributed by atoms with E-state index in [1.807, 2.05) is 6.92 Å². The van der Waals surface area contributed by atoms with E-state index >= 15 is 0 Å². The molecular formula is C21H27ClN2O5S. The minimum Gasteiger partial charge on any atom is -0.492 e. The highest BCUT2D eigenvalue weighted by molar-refractivity contribution is 7.89. The zero-order chi connectivity index (χ0) is 22.3. The Morgan fingerprint density at radius 1 is 1.07 bits per heavy atom. The first-order valence-electron chi connectivity index (χ1n) is 9.68. The van der Waals surface area contributed by atoms with Gasteiger partial charge in [0, 0.05) is 23.8 Å². The van der Waals surface area contributed by atoms with Gasteiger partial charge in [0.1, 0.15) is 16.4 Å². The molecule has 2 rings (SSSR count). The number of hydrogen-bond donors (Lipinski definition) is 1. The van der Waals surface area contributed by atoms with Gasteiger partial charge in [0.05, 0.1) is 6.61 Å². The van der Waals surface area contributed by atoms with Crippen molar-refractivity contribution in [2.24, 2.45) is 0 Å². The van der Waals surface area contributed by atoms with Crippen molar-refractivity contribution in [2.75, 3.05) is 31.6 Å². The third kappa shape index (κ3) is 5.87. The summed E-state index contributed by atoms with van der Waals surface area (Å²) in [5.74, 6) is 0.344. The second-order valence-corrected chi connectivity index (χ2v) is 8.75. The number of nitrogens with one attached hydrogen (secondary N) is 1. The van der Waals surface area contributed by atoms with Crippen LogP contribution in [0, 0.1) is 6.92 Å². The van der Waals surface area contributed by atoms with Crippen LogP contribution >= 0.6 is 11.6 Å². The number of anilines is 1. The molecule has 0 saturated carbocycles. The zero-order valence-electron chi connectivity index (χ0n) is 17.6. The van der Waals surface area contributed by atoms with Crippen molar-refractivity contribution >= 4 is 33.2 Å². The Bertz CT molecular complexity index is 991. The van der Waals surface area contributed by atoms with E-state index in [4.69, 9.17) is 21.1 Å². The van der Waals surface area contributed by atoms with Gasteiger partial charge in [0.2, 0.25) is 10.0 Å². The number of ether oxygens (including phenoxy) is 2. The lowest BCUT2D eigenvalue weighted by Gasteiger charge is -2.21. The summed E-state index contributed by atoms with van der Waals surface area (Å²) in [6.07, 6.45) is 0. The monoisotopic (exact) mass is 454 g/mol. The van der Waals surface area contributed by atoms with Crippen LogP contribution < -0.4 is 14.8 Å². The summed E-state index contributed by atoms with van der Waals surface area (Å²) >= 11 is 5.98. The summed E-state index contributed by atoms with van der Waals surface area (Å²) in [5, 5.41) is 3.28. The highest BCUT2D eigenvalue weighted by atomic mass is 35.5. The van der Waals surface area contributed by atoms with Crippen LogP contribution in [0.25, 0.3) is 0 Å². The highest BCUT2D eigenvalue weighted by Crippen LogP contribution is 2.30. The van der Waals surface area contributed by atoms with Crippen molar-refractivity contribution in [2.45, 2.75) is 32.6 Å². The summed E-state index contributed by atoms with van der Waals surface area (Å²) in [5.41, 5.74) is 1.18. The van der Waals surface area contributed by atoms with E-state index in [1.54, 1.807) is 51.1 Å². The molecule has 164 valence electrons. The minimum absolute atomic E-state index is 0.0140. The fourth-order valence-electron chi connectivity index (χ4n) is 2.82. The Morgan fingerprint density at radius 3 is 2.37 bits per heavy atom. The number of benzene rings is 2. The third-order valence-corrected chi connectivity index (χ3v) is 6.85. The third-order valence-electron chi connectivity index (χ3n) is 4.35. The number of sulfonamides is 1. The van der Waals surface area contributed by atoms with Gasteiger partial charge < -0.3 is 14.8 Å². The van der Waals surface area contributed by atoms with Gasteiger partial charge in [-0.2, -0.15) is 4.31 Å². The number of hydrogen-bond acceptors (Lipinski definition) is 5. The van der Waals surface area contributed by atoms with Crippen LogP contribution in [0.15, 0.2) is 41.3 Å². The van der Waals surface area contributed by atoms with Crippen molar-refractivity contribution in [1.29, 1.82) is 0 Å². The number of carbonyl (C=O) groups excluding carboxylic acids is 1. The van der Waals surface area contributed by atoms with Crippen molar-refractivity contribution in [1.82, 2.24) is 4.31 Å². The summed E-state index contributed by atoms with van der Waals surface area (Å²) in [6.45, 7) is 7.90. The number of aryl methyl sites for hydroxylation is 1. The Kier molecular flexibility index (Phi) is 8.52. The molecule has 0 aliphatic heterocycles. The molecule has 0 radical (unpaired) electrons. The molecule has 7 nitrogen and oxygen atoms in total. The van der Waals surface area contributed by atoms with Crippen molar-refractivity contribution in [3.05, 3.63) is 47.0 Å². The first kappa shape index (κ1) is 24.0. The van der Waals surface area contributed by atoms with E-state index in [9.17, 15) is 13.2 Å². The van der Waals surface area contributed by atoms with E-state index in [1.165, 1.54) is 10.4 Å². The minimum atomic E-state index is -3.76. The number of halogens is 1. The van der Waals surface area contributed by atoms with Gasteiger partial charge in [0.25, 0.3) is 5.91 Å². The lowest BCUT2D eigenvalue weighted by Crippen LogP contribution is -2.31. The average Bonchev–Trinajstić information content (AvgIpc) is 2.71. The molecule has 1 N–H and O–H groups in total. The predicted molar refractivity (Wildman–Crippen MR) is 118 cm³/mol. The molecule has 1 amide bonds. The largest absolute Gasteiger partial charge is 0.492 e. The van der Waals surface area contributed by atoms with E-state index in [0.717, 1.165) is 5.56 Å². The first-order valence-corrected chi connectivity index (χ1v) is 11.5. The van der Waals surface area contributed by atoms with Crippen LogP contribution in [0.4, 0.5) is 5.69 Å². The number of nitrogens with zero attached hydrogens (tertiary/aromatic N) is 1. The van der Waals surface area contributed by atoms with Gasteiger partial charge >= 0.3 is 0 Å². The summed E-state index contributed by atoms with van der Waals surface area (Å²) < 4.78 is 38.3. The Morgan fingerprint density at radius 2 is 1.77 bits per heavy atom. The second-order valence-electron chi connectivity index (χ2n) is 6.43. The van der Waals surface area contributed by atoms with Crippen LogP contribution in [0.1, 0.15) is 26.3 Å². The average molecular weight is 455 g/mol. The van der Waals surface area contributed by atoms with Crippen LogP contribution in [0.2, 0.25) is 5.02 Å². The summed E-state index contributed by atoms with van der Waals surface area (Å²) in [6, 6.07) is 9.65. The van der Waals surface area contributed by atoms with Gasteiger partial charge in [0.15, 0.2) is 6.61 Å². The molecule has 9 heteroatoms. The zero-order valence-corrected chi connectivity index (χ0v) is 19.1. The molecule has 0 fully saturated rings. The second kappa shape index (κ2) is 10.7. The highest BCUT2D eigenvalue weighted by Gasteiger charge is 2.26. The fraction of sp³-hybridized carbons (Fsp3) is 0.381. The Hall–Kier alpha value is -2.29. The maximum Gasteiger partial charge on any atom is 0.262 e. The van der Waals surface area contributed by atoms with Gasteiger partial charge in [-0.3, -0.25) is 4.79 Å².